The van der Waals surface area contributed by atoms with Gasteiger partial charge >= 0.3 is 5.97 Å². The van der Waals surface area contributed by atoms with Crippen LogP contribution in [-0.2, 0) is 16.0 Å². The van der Waals surface area contributed by atoms with E-state index in [9.17, 15) is 4.79 Å². The van der Waals surface area contributed by atoms with Crippen LogP contribution in [0.1, 0.15) is 36.1 Å². The molecule has 0 unspecified atom stereocenters. The predicted molar refractivity (Wildman–Crippen MR) is 111 cm³/mol. The molecule has 2 aromatic rings. The molecule has 3 rings (SSSR count). The van der Waals surface area contributed by atoms with Gasteiger partial charge in [0.2, 0.25) is 0 Å². The van der Waals surface area contributed by atoms with Crippen LogP contribution in [0.2, 0.25) is 0 Å². The number of esters is 1. The smallest absolute Gasteiger partial charge is 0.339 e. The van der Waals surface area contributed by atoms with Gasteiger partial charge in [-0.05, 0) is 67.5 Å². The second kappa shape index (κ2) is 8.22. The first-order valence-corrected chi connectivity index (χ1v) is 9.39. The van der Waals surface area contributed by atoms with Crippen LogP contribution in [0, 0.1) is 13.8 Å². The van der Waals surface area contributed by atoms with E-state index in [0.717, 1.165) is 34.3 Å². The highest BCUT2D eigenvalue weighted by molar-refractivity contribution is 6.02. The molecule has 1 heterocycles. The van der Waals surface area contributed by atoms with E-state index in [4.69, 9.17) is 4.74 Å². The molecule has 0 saturated carbocycles. The van der Waals surface area contributed by atoms with Crippen LogP contribution >= 0.6 is 0 Å². The molecule has 1 aliphatic heterocycles. The standard InChI is InChI=1S/C25H26O2/c1-5-19(15-20-13-9-7-11-17(20)3)24-23(16-27-25(24)26)21(6-2)22-14-10-8-12-18(22)4/h5-14H,15-16H2,1-4H3/b19-5+,21-6+. The summed E-state index contributed by atoms with van der Waals surface area (Å²) in [7, 11) is 0. The van der Waals surface area contributed by atoms with Gasteiger partial charge in [-0.3, -0.25) is 0 Å². The van der Waals surface area contributed by atoms with Gasteiger partial charge in [-0.15, -0.1) is 0 Å². The van der Waals surface area contributed by atoms with Gasteiger partial charge in [-0.1, -0.05) is 60.7 Å². The van der Waals surface area contributed by atoms with Crippen LogP contribution < -0.4 is 0 Å². The molecular weight excluding hydrogens is 332 g/mol. The molecular formula is C25H26O2. The first kappa shape index (κ1) is 18.9. The van der Waals surface area contributed by atoms with Crippen molar-refractivity contribution in [3.05, 3.63) is 99.7 Å². The maximum Gasteiger partial charge on any atom is 0.339 e. The molecule has 0 radical (unpaired) electrons. The molecule has 0 fully saturated rings. The van der Waals surface area contributed by atoms with Crippen molar-refractivity contribution >= 4 is 11.5 Å². The summed E-state index contributed by atoms with van der Waals surface area (Å²) in [6, 6.07) is 16.6. The monoisotopic (exact) mass is 358 g/mol. The summed E-state index contributed by atoms with van der Waals surface area (Å²) in [5.74, 6) is -0.223. The number of hydrogen-bond donors (Lipinski definition) is 0. The molecule has 0 spiro atoms. The fourth-order valence-electron chi connectivity index (χ4n) is 3.66. The van der Waals surface area contributed by atoms with E-state index in [2.05, 4.69) is 44.2 Å². The summed E-state index contributed by atoms with van der Waals surface area (Å²) in [6.07, 6.45) is 4.85. The largest absolute Gasteiger partial charge is 0.457 e. The molecule has 0 aromatic heterocycles. The van der Waals surface area contributed by atoms with Gasteiger partial charge in [0.05, 0.1) is 5.57 Å². The van der Waals surface area contributed by atoms with E-state index < -0.39 is 0 Å². The number of rotatable bonds is 5. The SMILES string of the molecule is C/C=C(\Cc1ccccc1C)C1=C(/C(=C/C)c2ccccc2C)COC1=O. The molecule has 0 bridgehead atoms. The van der Waals surface area contributed by atoms with Crippen LogP contribution in [-0.4, -0.2) is 12.6 Å². The Morgan fingerprint density at radius 2 is 1.63 bits per heavy atom. The average Bonchev–Trinajstić information content (AvgIpc) is 3.04. The van der Waals surface area contributed by atoms with Crippen molar-refractivity contribution in [3.63, 3.8) is 0 Å². The Bertz CT molecular complexity index is 958. The number of benzene rings is 2. The van der Waals surface area contributed by atoms with Crippen molar-refractivity contribution < 1.29 is 9.53 Å². The van der Waals surface area contributed by atoms with Gasteiger partial charge in [0.15, 0.2) is 0 Å². The Kier molecular flexibility index (Phi) is 5.75. The van der Waals surface area contributed by atoms with Crippen molar-refractivity contribution in [1.82, 2.24) is 0 Å². The number of allylic oxidation sites excluding steroid dienone is 2. The lowest BCUT2D eigenvalue weighted by molar-refractivity contribution is -0.135. The summed E-state index contributed by atoms with van der Waals surface area (Å²) in [4.78, 5) is 12.6. The van der Waals surface area contributed by atoms with Gasteiger partial charge in [0.25, 0.3) is 0 Å². The van der Waals surface area contributed by atoms with Gasteiger partial charge in [-0.25, -0.2) is 4.79 Å². The van der Waals surface area contributed by atoms with Gasteiger partial charge < -0.3 is 4.74 Å². The third-order valence-corrected chi connectivity index (χ3v) is 5.21. The Morgan fingerprint density at radius 1 is 0.963 bits per heavy atom. The van der Waals surface area contributed by atoms with E-state index in [1.165, 1.54) is 16.7 Å². The molecule has 27 heavy (non-hydrogen) atoms. The van der Waals surface area contributed by atoms with E-state index in [1.807, 2.05) is 44.2 Å². The molecule has 0 N–H and O–H groups in total. The zero-order valence-electron chi connectivity index (χ0n) is 16.5. The second-order valence-corrected chi connectivity index (χ2v) is 6.86. The van der Waals surface area contributed by atoms with Crippen LogP contribution in [0.3, 0.4) is 0 Å². The Labute approximate surface area is 161 Å². The maximum atomic E-state index is 12.6. The first-order chi connectivity index (χ1) is 13.1. The van der Waals surface area contributed by atoms with E-state index in [-0.39, 0.29) is 5.97 Å². The third kappa shape index (κ3) is 3.80. The van der Waals surface area contributed by atoms with Crippen LogP contribution in [0.5, 0.6) is 0 Å². The summed E-state index contributed by atoms with van der Waals surface area (Å²) >= 11 is 0. The molecule has 138 valence electrons. The zero-order valence-corrected chi connectivity index (χ0v) is 16.5. The van der Waals surface area contributed by atoms with Crippen molar-refractivity contribution in [3.8, 4) is 0 Å². The van der Waals surface area contributed by atoms with E-state index in [1.54, 1.807) is 0 Å². The molecule has 2 heteroatoms. The van der Waals surface area contributed by atoms with Crippen molar-refractivity contribution in [1.29, 1.82) is 0 Å². The van der Waals surface area contributed by atoms with Crippen LogP contribution in [0.15, 0.2) is 77.4 Å². The zero-order chi connectivity index (χ0) is 19.4. The predicted octanol–water partition coefficient (Wildman–Crippen LogP) is 5.75. The van der Waals surface area contributed by atoms with Gasteiger partial charge in [-0.2, -0.15) is 0 Å². The lowest BCUT2D eigenvalue weighted by Gasteiger charge is -2.14. The summed E-state index contributed by atoms with van der Waals surface area (Å²) in [5.41, 5.74) is 8.61. The third-order valence-electron chi connectivity index (χ3n) is 5.21. The molecule has 2 aromatic carbocycles. The van der Waals surface area contributed by atoms with Crippen LogP contribution in [0.4, 0.5) is 0 Å². The van der Waals surface area contributed by atoms with Crippen molar-refractivity contribution in [2.45, 2.75) is 34.1 Å². The second-order valence-electron chi connectivity index (χ2n) is 6.86. The van der Waals surface area contributed by atoms with Gasteiger partial charge in [0.1, 0.15) is 6.61 Å². The molecule has 0 atom stereocenters. The normalized spacial score (nSPS) is 15.3. The van der Waals surface area contributed by atoms with E-state index >= 15 is 0 Å². The van der Waals surface area contributed by atoms with Gasteiger partial charge in [0, 0.05) is 5.57 Å². The Balaban J connectivity index is 2.08. The highest BCUT2D eigenvalue weighted by Crippen LogP contribution is 2.36. The molecule has 1 aliphatic rings. The van der Waals surface area contributed by atoms with Crippen molar-refractivity contribution in [2.24, 2.45) is 0 Å². The highest BCUT2D eigenvalue weighted by Gasteiger charge is 2.30. The molecule has 2 nitrogen and oxygen atoms in total. The summed E-state index contributed by atoms with van der Waals surface area (Å²) in [6.45, 7) is 8.54. The lowest BCUT2D eigenvalue weighted by atomic mass is 9.87. The Hall–Kier alpha value is -2.87. The summed E-state index contributed by atoms with van der Waals surface area (Å²) < 4.78 is 5.48. The minimum atomic E-state index is -0.223. The fraction of sp³-hybridized carbons (Fsp3) is 0.240. The van der Waals surface area contributed by atoms with Crippen molar-refractivity contribution in [2.75, 3.05) is 6.61 Å². The maximum absolute atomic E-state index is 12.6. The fourth-order valence-corrected chi connectivity index (χ4v) is 3.66. The minimum Gasteiger partial charge on any atom is -0.457 e. The molecule has 0 saturated heterocycles. The number of carbonyl (C=O) groups is 1. The number of ether oxygens (including phenoxy) is 1. The Morgan fingerprint density at radius 3 is 2.26 bits per heavy atom. The topological polar surface area (TPSA) is 26.3 Å². The number of carbonyl (C=O) groups excluding carboxylic acids is 1. The summed E-state index contributed by atoms with van der Waals surface area (Å²) in [5, 5.41) is 0. The minimum absolute atomic E-state index is 0.223. The number of aryl methyl sites for hydroxylation is 2. The number of cyclic esters (lactones) is 1. The lowest BCUT2D eigenvalue weighted by Crippen LogP contribution is -2.06. The first-order valence-electron chi connectivity index (χ1n) is 9.39. The molecule has 0 aliphatic carbocycles. The number of hydrogen-bond acceptors (Lipinski definition) is 2. The quantitative estimate of drug-likeness (QED) is 0.636. The highest BCUT2D eigenvalue weighted by atomic mass is 16.5. The van der Waals surface area contributed by atoms with Crippen LogP contribution in [0.25, 0.3) is 5.57 Å². The van der Waals surface area contributed by atoms with E-state index in [0.29, 0.717) is 6.61 Å². The average molecular weight is 358 g/mol. The molecule has 0 amide bonds.